The summed E-state index contributed by atoms with van der Waals surface area (Å²) in [7, 11) is 0. The van der Waals surface area contributed by atoms with Crippen LogP contribution in [-0.4, -0.2) is 10.2 Å². The molecule has 0 amide bonds. The summed E-state index contributed by atoms with van der Waals surface area (Å²) in [5.74, 6) is 0.120. The van der Waals surface area contributed by atoms with Crippen molar-refractivity contribution in [1.29, 1.82) is 0 Å². The Hall–Kier alpha value is -0.540. The largest absolute Gasteiger partial charge is 0.508 e. The number of aromatic hydroxyl groups is 1. The van der Waals surface area contributed by atoms with Gasteiger partial charge in [-0.05, 0) is 19.1 Å². The van der Waals surface area contributed by atoms with E-state index in [9.17, 15) is 5.11 Å². The van der Waals surface area contributed by atoms with E-state index in [-0.39, 0.29) is 5.75 Å². The van der Waals surface area contributed by atoms with E-state index in [0.717, 1.165) is 4.47 Å². The minimum atomic E-state index is -0.622. The van der Waals surface area contributed by atoms with E-state index in [4.69, 9.17) is 5.11 Å². The van der Waals surface area contributed by atoms with Gasteiger partial charge in [0, 0.05) is 10.0 Å². The molecule has 0 heterocycles. The summed E-state index contributed by atoms with van der Waals surface area (Å²) in [6.45, 7) is 1.61. The molecule has 0 unspecified atom stereocenters. The number of phenols is 1. The van der Waals surface area contributed by atoms with Crippen molar-refractivity contribution in [2.75, 3.05) is 0 Å². The van der Waals surface area contributed by atoms with Gasteiger partial charge in [-0.25, -0.2) is 0 Å². The zero-order valence-corrected chi connectivity index (χ0v) is 7.67. The molecular formula is C8H9BrO2. The van der Waals surface area contributed by atoms with Crippen LogP contribution in [0.4, 0.5) is 0 Å². The van der Waals surface area contributed by atoms with Crippen molar-refractivity contribution in [3.63, 3.8) is 0 Å². The predicted octanol–water partition coefficient (Wildman–Crippen LogP) is 2.21. The van der Waals surface area contributed by atoms with E-state index in [1.54, 1.807) is 25.1 Å². The Morgan fingerprint density at radius 2 is 2.09 bits per heavy atom. The second kappa shape index (κ2) is 3.24. The lowest BCUT2D eigenvalue weighted by molar-refractivity contribution is 0.195. The molecule has 1 aromatic carbocycles. The quantitative estimate of drug-likeness (QED) is 0.756. The fourth-order valence-electron chi connectivity index (χ4n) is 0.870. The molecule has 0 fully saturated rings. The van der Waals surface area contributed by atoms with Crippen LogP contribution in [0.1, 0.15) is 18.6 Å². The van der Waals surface area contributed by atoms with Crippen LogP contribution in [0, 0.1) is 0 Å². The van der Waals surface area contributed by atoms with E-state index in [1.807, 2.05) is 0 Å². The van der Waals surface area contributed by atoms with Crippen molar-refractivity contribution < 1.29 is 10.2 Å². The summed E-state index contributed by atoms with van der Waals surface area (Å²) >= 11 is 3.20. The summed E-state index contributed by atoms with van der Waals surface area (Å²) in [5.41, 5.74) is 0.549. The van der Waals surface area contributed by atoms with Crippen LogP contribution in [0.2, 0.25) is 0 Å². The van der Waals surface area contributed by atoms with Crippen LogP contribution in [0.3, 0.4) is 0 Å². The van der Waals surface area contributed by atoms with Gasteiger partial charge in [0.25, 0.3) is 0 Å². The fourth-order valence-corrected chi connectivity index (χ4v) is 1.22. The molecule has 0 aliphatic carbocycles. The fraction of sp³-hybridized carbons (Fsp3) is 0.250. The Kier molecular flexibility index (Phi) is 2.52. The first kappa shape index (κ1) is 8.56. The van der Waals surface area contributed by atoms with Crippen LogP contribution in [-0.2, 0) is 0 Å². The van der Waals surface area contributed by atoms with Gasteiger partial charge in [-0.3, -0.25) is 0 Å². The summed E-state index contributed by atoms with van der Waals surface area (Å²) < 4.78 is 0.805. The number of hydrogen-bond donors (Lipinski definition) is 2. The summed E-state index contributed by atoms with van der Waals surface area (Å²) in [4.78, 5) is 0. The number of hydrogen-bond acceptors (Lipinski definition) is 2. The average molecular weight is 217 g/mol. The normalized spacial score (nSPS) is 13.0. The number of halogens is 1. The van der Waals surface area contributed by atoms with Gasteiger partial charge in [0.15, 0.2) is 0 Å². The maximum absolute atomic E-state index is 9.27. The molecule has 0 bridgehead atoms. The monoisotopic (exact) mass is 216 g/mol. The first-order valence-corrected chi connectivity index (χ1v) is 4.07. The molecule has 3 heteroatoms. The molecule has 0 saturated carbocycles. The third-order valence-electron chi connectivity index (χ3n) is 1.44. The van der Waals surface area contributed by atoms with Gasteiger partial charge < -0.3 is 10.2 Å². The molecule has 0 spiro atoms. The Labute approximate surface area is 73.6 Å². The van der Waals surface area contributed by atoms with Crippen molar-refractivity contribution in [2.24, 2.45) is 0 Å². The summed E-state index contributed by atoms with van der Waals surface area (Å²) in [6.07, 6.45) is -0.622. The molecule has 1 rings (SSSR count). The molecule has 60 valence electrons. The van der Waals surface area contributed by atoms with Crippen LogP contribution < -0.4 is 0 Å². The topological polar surface area (TPSA) is 40.5 Å². The van der Waals surface area contributed by atoms with Gasteiger partial charge >= 0.3 is 0 Å². The van der Waals surface area contributed by atoms with Gasteiger partial charge in [-0.15, -0.1) is 0 Å². The highest BCUT2D eigenvalue weighted by atomic mass is 79.9. The Bertz CT molecular complexity index is 258. The molecule has 11 heavy (non-hydrogen) atoms. The van der Waals surface area contributed by atoms with Crippen molar-refractivity contribution in [3.8, 4) is 5.75 Å². The first-order valence-electron chi connectivity index (χ1n) is 3.27. The smallest absolute Gasteiger partial charge is 0.122 e. The lowest BCUT2D eigenvalue weighted by Crippen LogP contribution is -1.90. The van der Waals surface area contributed by atoms with Gasteiger partial charge in [-0.2, -0.15) is 0 Å². The van der Waals surface area contributed by atoms with Gasteiger partial charge in [0.1, 0.15) is 5.75 Å². The average Bonchev–Trinajstić information content (AvgIpc) is 1.85. The minimum absolute atomic E-state index is 0.120. The van der Waals surface area contributed by atoms with Crippen molar-refractivity contribution in [2.45, 2.75) is 13.0 Å². The van der Waals surface area contributed by atoms with Gasteiger partial charge in [0.05, 0.1) is 6.10 Å². The zero-order chi connectivity index (χ0) is 8.43. The lowest BCUT2D eigenvalue weighted by atomic mass is 10.1. The number of rotatable bonds is 1. The van der Waals surface area contributed by atoms with Crippen LogP contribution >= 0.6 is 15.9 Å². The molecular weight excluding hydrogens is 208 g/mol. The Balaban J connectivity index is 3.09. The lowest BCUT2D eigenvalue weighted by Gasteiger charge is -2.06. The van der Waals surface area contributed by atoms with E-state index in [2.05, 4.69) is 15.9 Å². The van der Waals surface area contributed by atoms with E-state index in [1.165, 1.54) is 0 Å². The number of aliphatic hydroxyl groups excluding tert-OH is 1. The molecule has 2 N–H and O–H groups in total. The number of phenolic OH excluding ortho intramolecular Hbond substituents is 1. The van der Waals surface area contributed by atoms with Crippen molar-refractivity contribution in [3.05, 3.63) is 28.2 Å². The van der Waals surface area contributed by atoms with E-state index < -0.39 is 6.10 Å². The number of benzene rings is 1. The highest BCUT2D eigenvalue weighted by Gasteiger charge is 2.05. The van der Waals surface area contributed by atoms with E-state index >= 15 is 0 Å². The second-order valence-electron chi connectivity index (χ2n) is 2.38. The van der Waals surface area contributed by atoms with Crippen LogP contribution in [0.5, 0.6) is 5.75 Å². The standard InChI is InChI=1S/C8H9BrO2/c1-5(10)7-3-2-6(9)4-8(7)11/h2-5,10-11H,1H3/t5-/m0/s1. The Morgan fingerprint density at radius 1 is 1.45 bits per heavy atom. The van der Waals surface area contributed by atoms with Crippen molar-refractivity contribution >= 4 is 15.9 Å². The predicted molar refractivity (Wildman–Crippen MR) is 46.4 cm³/mol. The van der Waals surface area contributed by atoms with E-state index in [0.29, 0.717) is 5.56 Å². The molecule has 0 aliphatic rings. The zero-order valence-electron chi connectivity index (χ0n) is 6.08. The highest BCUT2D eigenvalue weighted by Crippen LogP contribution is 2.26. The minimum Gasteiger partial charge on any atom is -0.508 e. The van der Waals surface area contributed by atoms with Crippen LogP contribution in [0.25, 0.3) is 0 Å². The molecule has 2 nitrogen and oxygen atoms in total. The molecule has 0 aromatic heterocycles. The SMILES string of the molecule is C[C@H](O)c1ccc(Br)cc1O. The van der Waals surface area contributed by atoms with Gasteiger partial charge in [0.2, 0.25) is 0 Å². The Morgan fingerprint density at radius 3 is 2.55 bits per heavy atom. The molecule has 0 radical (unpaired) electrons. The second-order valence-corrected chi connectivity index (χ2v) is 3.29. The molecule has 0 aliphatic heterocycles. The van der Waals surface area contributed by atoms with Crippen LogP contribution in [0.15, 0.2) is 22.7 Å². The third-order valence-corrected chi connectivity index (χ3v) is 1.94. The molecule has 1 atom stereocenters. The molecule has 0 saturated heterocycles. The maximum atomic E-state index is 9.27. The summed E-state index contributed by atoms with van der Waals surface area (Å²) in [6, 6.07) is 5.02. The number of aliphatic hydroxyl groups is 1. The van der Waals surface area contributed by atoms with Crippen molar-refractivity contribution in [1.82, 2.24) is 0 Å². The highest BCUT2D eigenvalue weighted by molar-refractivity contribution is 9.10. The molecule has 1 aromatic rings. The third kappa shape index (κ3) is 1.94. The van der Waals surface area contributed by atoms with Gasteiger partial charge in [-0.1, -0.05) is 22.0 Å². The summed E-state index contributed by atoms with van der Waals surface area (Å²) in [5, 5.41) is 18.4. The maximum Gasteiger partial charge on any atom is 0.122 e. The first-order chi connectivity index (χ1) is 5.11.